The highest BCUT2D eigenvalue weighted by Gasteiger charge is 2.09. The summed E-state index contributed by atoms with van der Waals surface area (Å²) in [4.78, 5) is 15.3. The van der Waals surface area contributed by atoms with Crippen molar-refractivity contribution in [2.75, 3.05) is 7.11 Å². The molecule has 6 heteroatoms. The van der Waals surface area contributed by atoms with Gasteiger partial charge in [0.2, 0.25) is 0 Å². The lowest BCUT2D eigenvalue weighted by molar-refractivity contribution is -0.384. The van der Waals surface area contributed by atoms with Crippen LogP contribution >= 0.6 is 0 Å². The summed E-state index contributed by atoms with van der Waals surface area (Å²) in [6.45, 7) is 0. The van der Waals surface area contributed by atoms with Gasteiger partial charge in [-0.25, -0.2) is 4.99 Å². The summed E-state index contributed by atoms with van der Waals surface area (Å²) in [5.41, 5.74) is 2.04. The van der Waals surface area contributed by atoms with Gasteiger partial charge in [-0.1, -0.05) is 36.4 Å². The molecule has 6 nitrogen and oxygen atoms in total. The third kappa shape index (κ3) is 3.48. The van der Waals surface area contributed by atoms with Crippen LogP contribution in [0.1, 0.15) is 0 Å². The first-order chi connectivity index (χ1) is 13.6. The molecule has 1 heterocycles. The minimum atomic E-state index is -0.435. The van der Waals surface area contributed by atoms with E-state index in [1.54, 1.807) is 19.2 Å². The zero-order valence-corrected chi connectivity index (χ0v) is 15.0. The molecule has 0 unspecified atom stereocenters. The number of hydrogen-bond donors (Lipinski definition) is 0. The van der Waals surface area contributed by atoms with Crippen molar-refractivity contribution in [1.82, 2.24) is 0 Å². The van der Waals surface area contributed by atoms with Crippen molar-refractivity contribution in [3.63, 3.8) is 0 Å². The van der Waals surface area contributed by atoms with Gasteiger partial charge >= 0.3 is 0 Å². The highest BCUT2D eigenvalue weighted by Crippen LogP contribution is 2.26. The Kier molecular flexibility index (Phi) is 4.60. The zero-order valence-electron chi connectivity index (χ0n) is 15.0. The molecule has 4 rings (SSSR count). The third-order valence-electron chi connectivity index (χ3n) is 4.30. The van der Waals surface area contributed by atoms with Crippen molar-refractivity contribution in [2.45, 2.75) is 0 Å². The predicted molar refractivity (Wildman–Crippen MR) is 107 cm³/mol. The molecule has 0 fully saturated rings. The number of methoxy groups -OCH3 is 1. The van der Waals surface area contributed by atoms with Crippen molar-refractivity contribution in [1.29, 1.82) is 0 Å². The van der Waals surface area contributed by atoms with Gasteiger partial charge in [-0.2, -0.15) is 0 Å². The van der Waals surface area contributed by atoms with Crippen molar-refractivity contribution >= 4 is 22.3 Å². The number of rotatable bonds is 4. The maximum absolute atomic E-state index is 11.1. The van der Waals surface area contributed by atoms with E-state index in [-0.39, 0.29) is 5.69 Å². The molecule has 0 amide bonds. The Hall–Kier alpha value is -3.93. The molecule has 0 radical (unpaired) electrons. The molecule has 0 aliphatic rings. The molecule has 1 aromatic heterocycles. The van der Waals surface area contributed by atoms with Crippen molar-refractivity contribution < 1.29 is 14.1 Å². The molecule has 0 aliphatic heterocycles. The first-order valence-corrected chi connectivity index (χ1v) is 8.60. The van der Waals surface area contributed by atoms with E-state index >= 15 is 0 Å². The topological polar surface area (TPSA) is 77.9 Å². The lowest BCUT2D eigenvalue weighted by Gasteiger charge is -2.07. The van der Waals surface area contributed by atoms with Crippen LogP contribution < -0.4 is 10.1 Å². The molecule has 0 saturated heterocycles. The normalized spacial score (nSPS) is 11.5. The van der Waals surface area contributed by atoms with Gasteiger partial charge in [-0.3, -0.25) is 10.1 Å². The Morgan fingerprint density at radius 1 is 0.964 bits per heavy atom. The lowest BCUT2D eigenvalue weighted by atomic mass is 10.1. The summed E-state index contributed by atoms with van der Waals surface area (Å²) in [6.07, 6.45) is 0. The van der Waals surface area contributed by atoms with Gasteiger partial charge in [0.15, 0.2) is 0 Å². The molecular weight excluding hydrogens is 356 g/mol. The molecule has 28 heavy (non-hydrogen) atoms. The average Bonchev–Trinajstić information content (AvgIpc) is 2.74. The Bertz CT molecular complexity index is 1230. The van der Waals surface area contributed by atoms with E-state index in [1.165, 1.54) is 12.1 Å². The molecule has 0 aliphatic carbocycles. The minimum Gasteiger partial charge on any atom is -0.497 e. The minimum absolute atomic E-state index is 0.00737. The lowest BCUT2D eigenvalue weighted by Crippen LogP contribution is -2.03. The Morgan fingerprint density at radius 3 is 2.54 bits per heavy atom. The molecule has 0 atom stereocenters. The molecule has 4 aromatic rings. The van der Waals surface area contributed by atoms with E-state index < -0.39 is 4.92 Å². The summed E-state index contributed by atoms with van der Waals surface area (Å²) < 4.78 is 11.4. The summed E-state index contributed by atoms with van der Waals surface area (Å²) >= 11 is 0. The number of benzene rings is 3. The number of ether oxygens (including phenoxy) is 1. The van der Waals surface area contributed by atoms with Gasteiger partial charge in [0.25, 0.3) is 5.69 Å². The highest BCUT2D eigenvalue weighted by atomic mass is 16.6. The van der Waals surface area contributed by atoms with Crippen LogP contribution in [-0.2, 0) is 0 Å². The van der Waals surface area contributed by atoms with Crippen LogP contribution in [0.5, 0.6) is 5.75 Å². The van der Waals surface area contributed by atoms with E-state index in [9.17, 15) is 10.1 Å². The summed E-state index contributed by atoms with van der Waals surface area (Å²) in [6, 6.07) is 23.2. The number of non-ortho nitro benzene ring substituents is 1. The van der Waals surface area contributed by atoms with Gasteiger partial charge in [0.1, 0.15) is 17.1 Å². The fourth-order valence-electron chi connectivity index (χ4n) is 2.93. The second-order valence-electron chi connectivity index (χ2n) is 6.11. The molecule has 0 spiro atoms. The first kappa shape index (κ1) is 17.5. The fourth-order valence-corrected chi connectivity index (χ4v) is 2.93. The van der Waals surface area contributed by atoms with Crippen molar-refractivity contribution in [3.05, 3.63) is 94.3 Å². The number of nitro groups is 1. The quantitative estimate of drug-likeness (QED) is 0.362. The summed E-state index contributed by atoms with van der Waals surface area (Å²) in [7, 11) is 1.59. The van der Waals surface area contributed by atoms with Gasteiger partial charge in [-0.15, -0.1) is 0 Å². The molecule has 0 saturated carbocycles. The van der Waals surface area contributed by atoms with Gasteiger partial charge in [0, 0.05) is 29.1 Å². The largest absolute Gasteiger partial charge is 0.497 e. The van der Waals surface area contributed by atoms with Crippen LogP contribution in [0, 0.1) is 10.1 Å². The maximum Gasteiger partial charge on any atom is 0.271 e. The number of fused-ring (bicyclic) bond motifs is 1. The van der Waals surface area contributed by atoms with Gasteiger partial charge in [-0.05, 0) is 24.3 Å². The van der Waals surface area contributed by atoms with E-state index in [0.717, 1.165) is 10.9 Å². The molecule has 0 bridgehead atoms. The summed E-state index contributed by atoms with van der Waals surface area (Å²) in [5, 5.41) is 12.5. The number of nitro benzene ring substituents is 1. The summed E-state index contributed by atoms with van der Waals surface area (Å²) in [5.74, 6) is 1.33. The van der Waals surface area contributed by atoms with Gasteiger partial charge in [0.05, 0.1) is 23.1 Å². The van der Waals surface area contributed by atoms with Crippen LogP contribution in [-0.4, -0.2) is 12.0 Å². The number of hydrogen-bond acceptors (Lipinski definition) is 5. The Balaban J connectivity index is 1.99. The predicted octanol–water partition coefficient (Wildman–Crippen LogP) is 5.25. The number of nitrogens with zero attached hydrogens (tertiary/aromatic N) is 2. The maximum atomic E-state index is 11.1. The Morgan fingerprint density at radius 2 is 1.79 bits per heavy atom. The van der Waals surface area contributed by atoms with Crippen molar-refractivity contribution in [2.24, 2.45) is 4.99 Å². The SMILES string of the molecule is COc1ccc2oc(-c3ccccc3)cc(=Nc3cccc([N+](=O)[O-])c3)c2c1. The standard InChI is InChI=1S/C22H16N2O4/c1-27-18-10-11-21-19(13-18)20(14-22(28-21)15-6-3-2-4-7-15)23-16-8-5-9-17(12-16)24(25)26/h2-14H,1H3. The highest BCUT2D eigenvalue weighted by molar-refractivity contribution is 5.80. The van der Waals surface area contributed by atoms with Crippen LogP contribution in [0.25, 0.3) is 22.3 Å². The second kappa shape index (κ2) is 7.36. The van der Waals surface area contributed by atoms with E-state index in [0.29, 0.717) is 28.1 Å². The Labute approximate surface area is 160 Å². The van der Waals surface area contributed by atoms with E-state index in [4.69, 9.17) is 9.15 Å². The molecule has 3 aromatic carbocycles. The van der Waals surface area contributed by atoms with Crippen LogP contribution in [0.3, 0.4) is 0 Å². The third-order valence-corrected chi connectivity index (χ3v) is 4.30. The molecular formula is C22H16N2O4. The van der Waals surface area contributed by atoms with Crippen LogP contribution in [0.15, 0.2) is 88.3 Å². The second-order valence-corrected chi connectivity index (χ2v) is 6.11. The fraction of sp³-hybridized carbons (Fsp3) is 0.0455. The zero-order chi connectivity index (χ0) is 19.5. The van der Waals surface area contributed by atoms with Crippen molar-refractivity contribution in [3.8, 4) is 17.1 Å². The molecule has 0 N–H and O–H groups in total. The van der Waals surface area contributed by atoms with Crippen LogP contribution in [0.2, 0.25) is 0 Å². The van der Waals surface area contributed by atoms with Gasteiger partial charge < -0.3 is 9.15 Å². The first-order valence-electron chi connectivity index (χ1n) is 8.60. The smallest absolute Gasteiger partial charge is 0.271 e. The molecule has 138 valence electrons. The monoisotopic (exact) mass is 372 g/mol. The van der Waals surface area contributed by atoms with E-state index in [2.05, 4.69) is 4.99 Å². The van der Waals surface area contributed by atoms with Crippen LogP contribution in [0.4, 0.5) is 11.4 Å². The average molecular weight is 372 g/mol. The van der Waals surface area contributed by atoms with E-state index in [1.807, 2.05) is 54.6 Å².